The molecule has 122 valence electrons. The second kappa shape index (κ2) is 7.10. The number of nitrogens with zero attached hydrogens (tertiary/aromatic N) is 1. The first-order valence-electron chi connectivity index (χ1n) is 8.67. The maximum atomic E-state index is 12.4. The van der Waals surface area contributed by atoms with E-state index in [4.69, 9.17) is 5.73 Å². The van der Waals surface area contributed by atoms with Gasteiger partial charge in [-0.05, 0) is 58.4 Å². The van der Waals surface area contributed by atoms with Gasteiger partial charge in [-0.25, -0.2) is 0 Å². The summed E-state index contributed by atoms with van der Waals surface area (Å²) in [6.07, 6.45) is 6.62. The van der Waals surface area contributed by atoms with Gasteiger partial charge in [-0.2, -0.15) is 0 Å². The molecule has 4 heteroatoms. The van der Waals surface area contributed by atoms with Crippen LogP contribution >= 0.6 is 0 Å². The minimum Gasteiger partial charge on any atom is -0.354 e. The van der Waals surface area contributed by atoms with Crippen LogP contribution in [0.1, 0.15) is 59.3 Å². The SMILES string of the molecule is CC1CCCN(C(C)(C)CNC(=O)C2CCCC(N)C2)C1. The standard InChI is InChI=1S/C17H33N3O/c1-13-6-5-9-20(11-13)17(2,3)12-19-16(21)14-7-4-8-15(18)10-14/h13-15H,4-12,18H2,1-3H3,(H,19,21). The average molecular weight is 295 g/mol. The highest BCUT2D eigenvalue weighted by Crippen LogP contribution is 2.25. The summed E-state index contributed by atoms with van der Waals surface area (Å²) in [6.45, 7) is 9.86. The molecule has 3 N–H and O–H groups in total. The van der Waals surface area contributed by atoms with Crippen molar-refractivity contribution in [3.05, 3.63) is 0 Å². The Morgan fingerprint density at radius 3 is 2.71 bits per heavy atom. The monoisotopic (exact) mass is 295 g/mol. The molecular formula is C17H33N3O. The zero-order valence-corrected chi connectivity index (χ0v) is 14.0. The number of nitrogens with one attached hydrogen (secondary N) is 1. The first-order valence-corrected chi connectivity index (χ1v) is 8.67. The number of hydrogen-bond donors (Lipinski definition) is 2. The van der Waals surface area contributed by atoms with E-state index in [-0.39, 0.29) is 23.4 Å². The van der Waals surface area contributed by atoms with Gasteiger partial charge in [0.1, 0.15) is 0 Å². The fraction of sp³-hybridized carbons (Fsp3) is 0.941. The summed E-state index contributed by atoms with van der Waals surface area (Å²) in [7, 11) is 0. The van der Waals surface area contributed by atoms with Crippen molar-refractivity contribution in [1.29, 1.82) is 0 Å². The van der Waals surface area contributed by atoms with Crippen LogP contribution in [0, 0.1) is 11.8 Å². The molecule has 4 nitrogen and oxygen atoms in total. The van der Waals surface area contributed by atoms with Gasteiger partial charge < -0.3 is 11.1 Å². The second-order valence-corrected chi connectivity index (χ2v) is 7.85. The molecule has 3 atom stereocenters. The van der Waals surface area contributed by atoms with Crippen LogP contribution in [-0.4, -0.2) is 42.0 Å². The Labute approximate surface area is 129 Å². The summed E-state index contributed by atoms with van der Waals surface area (Å²) in [4.78, 5) is 14.9. The number of piperidine rings is 1. The minimum absolute atomic E-state index is 0.0428. The molecule has 3 unspecified atom stereocenters. The number of carbonyl (C=O) groups excluding carboxylic acids is 1. The fourth-order valence-corrected chi connectivity index (χ4v) is 3.76. The zero-order chi connectivity index (χ0) is 15.5. The molecule has 1 saturated carbocycles. The molecule has 0 aromatic rings. The van der Waals surface area contributed by atoms with E-state index in [9.17, 15) is 4.79 Å². The summed E-state index contributed by atoms with van der Waals surface area (Å²) < 4.78 is 0. The van der Waals surface area contributed by atoms with E-state index in [0.29, 0.717) is 0 Å². The van der Waals surface area contributed by atoms with Crippen molar-refractivity contribution in [2.24, 2.45) is 17.6 Å². The van der Waals surface area contributed by atoms with Crippen molar-refractivity contribution in [1.82, 2.24) is 10.2 Å². The van der Waals surface area contributed by atoms with Crippen LogP contribution in [-0.2, 0) is 4.79 Å². The van der Waals surface area contributed by atoms with Crippen molar-refractivity contribution in [2.75, 3.05) is 19.6 Å². The predicted octanol–water partition coefficient (Wildman–Crippen LogP) is 2.13. The van der Waals surface area contributed by atoms with Crippen LogP contribution in [0.4, 0.5) is 0 Å². The molecule has 21 heavy (non-hydrogen) atoms. The normalized spacial score (nSPS) is 31.9. The summed E-state index contributed by atoms with van der Waals surface area (Å²) in [5.74, 6) is 1.11. The van der Waals surface area contributed by atoms with E-state index in [1.165, 1.54) is 12.8 Å². The molecule has 1 heterocycles. The lowest BCUT2D eigenvalue weighted by molar-refractivity contribution is -0.126. The molecule has 1 saturated heterocycles. The molecule has 2 rings (SSSR count). The van der Waals surface area contributed by atoms with Gasteiger partial charge in [-0.3, -0.25) is 9.69 Å². The first kappa shape index (κ1) is 16.8. The number of hydrogen-bond acceptors (Lipinski definition) is 3. The summed E-state index contributed by atoms with van der Waals surface area (Å²) in [6, 6.07) is 0.213. The molecule has 1 amide bonds. The summed E-state index contributed by atoms with van der Waals surface area (Å²) >= 11 is 0. The van der Waals surface area contributed by atoms with Crippen LogP contribution in [0.25, 0.3) is 0 Å². The molecular weight excluding hydrogens is 262 g/mol. The molecule has 0 aromatic carbocycles. The van der Waals surface area contributed by atoms with Crippen LogP contribution in [0.5, 0.6) is 0 Å². The second-order valence-electron chi connectivity index (χ2n) is 7.85. The van der Waals surface area contributed by atoms with E-state index in [1.807, 2.05) is 0 Å². The van der Waals surface area contributed by atoms with Crippen molar-refractivity contribution in [3.8, 4) is 0 Å². The Morgan fingerprint density at radius 2 is 2.05 bits per heavy atom. The van der Waals surface area contributed by atoms with E-state index in [2.05, 4.69) is 31.0 Å². The number of likely N-dealkylation sites (tertiary alicyclic amines) is 1. The molecule has 0 radical (unpaired) electrons. The van der Waals surface area contributed by atoms with E-state index in [0.717, 1.165) is 51.2 Å². The van der Waals surface area contributed by atoms with Gasteiger partial charge in [0.25, 0.3) is 0 Å². The van der Waals surface area contributed by atoms with E-state index >= 15 is 0 Å². The average Bonchev–Trinajstić information content (AvgIpc) is 2.45. The van der Waals surface area contributed by atoms with Gasteiger partial charge in [-0.1, -0.05) is 13.3 Å². The van der Waals surface area contributed by atoms with E-state index in [1.54, 1.807) is 0 Å². The van der Waals surface area contributed by atoms with Gasteiger partial charge in [0.05, 0.1) is 0 Å². The third-order valence-electron chi connectivity index (χ3n) is 5.29. The summed E-state index contributed by atoms with van der Waals surface area (Å²) in [5, 5.41) is 3.19. The highest BCUT2D eigenvalue weighted by molar-refractivity contribution is 5.78. The molecule has 0 bridgehead atoms. The van der Waals surface area contributed by atoms with Gasteiger partial charge in [0, 0.05) is 30.6 Å². The Morgan fingerprint density at radius 1 is 1.29 bits per heavy atom. The van der Waals surface area contributed by atoms with Crippen molar-refractivity contribution < 1.29 is 4.79 Å². The number of amides is 1. The lowest BCUT2D eigenvalue weighted by Crippen LogP contribution is -2.55. The van der Waals surface area contributed by atoms with Gasteiger partial charge in [0.2, 0.25) is 5.91 Å². The largest absolute Gasteiger partial charge is 0.354 e. The summed E-state index contributed by atoms with van der Waals surface area (Å²) in [5.41, 5.74) is 6.03. The quantitative estimate of drug-likeness (QED) is 0.835. The van der Waals surface area contributed by atoms with Crippen molar-refractivity contribution >= 4 is 5.91 Å². The van der Waals surface area contributed by atoms with Gasteiger partial charge in [-0.15, -0.1) is 0 Å². The maximum absolute atomic E-state index is 12.4. The van der Waals surface area contributed by atoms with Gasteiger partial charge in [0.15, 0.2) is 0 Å². The van der Waals surface area contributed by atoms with Crippen molar-refractivity contribution in [3.63, 3.8) is 0 Å². The molecule has 1 aliphatic carbocycles. The Hall–Kier alpha value is -0.610. The van der Waals surface area contributed by atoms with Crippen LogP contribution in [0.3, 0.4) is 0 Å². The number of carbonyl (C=O) groups is 1. The molecule has 2 fully saturated rings. The topological polar surface area (TPSA) is 58.4 Å². The fourth-order valence-electron chi connectivity index (χ4n) is 3.76. The molecule has 0 aromatic heterocycles. The third kappa shape index (κ3) is 4.68. The molecule has 2 aliphatic rings. The highest BCUT2D eigenvalue weighted by Gasteiger charge is 2.32. The molecule has 1 aliphatic heterocycles. The lowest BCUT2D eigenvalue weighted by Gasteiger charge is -2.43. The Bertz CT molecular complexity index is 356. The van der Waals surface area contributed by atoms with E-state index < -0.39 is 0 Å². The Balaban J connectivity index is 1.81. The maximum Gasteiger partial charge on any atom is 0.223 e. The Kier molecular flexibility index (Phi) is 5.67. The van der Waals surface area contributed by atoms with Crippen LogP contribution < -0.4 is 11.1 Å². The molecule has 0 spiro atoms. The number of nitrogens with two attached hydrogens (primary N) is 1. The first-order chi connectivity index (χ1) is 9.88. The smallest absolute Gasteiger partial charge is 0.223 e. The third-order valence-corrected chi connectivity index (χ3v) is 5.29. The highest BCUT2D eigenvalue weighted by atomic mass is 16.1. The van der Waals surface area contributed by atoms with Crippen LogP contribution in [0.15, 0.2) is 0 Å². The zero-order valence-electron chi connectivity index (χ0n) is 14.0. The minimum atomic E-state index is 0.0428. The van der Waals surface area contributed by atoms with Crippen molar-refractivity contribution in [2.45, 2.75) is 70.9 Å². The van der Waals surface area contributed by atoms with Crippen LogP contribution in [0.2, 0.25) is 0 Å². The van der Waals surface area contributed by atoms with Gasteiger partial charge >= 0.3 is 0 Å². The lowest BCUT2D eigenvalue weighted by atomic mass is 9.85. The predicted molar refractivity (Wildman–Crippen MR) is 87.0 cm³/mol. The number of rotatable bonds is 4.